The van der Waals surface area contributed by atoms with Crippen LogP contribution in [0.5, 0.6) is 5.75 Å². The molecule has 1 heterocycles. The van der Waals surface area contributed by atoms with Crippen molar-refractivity contribution >= 4 is 26.0 Å². The third-order valence-corrected chi connectivity index (χ3v) is 5.17. The van der Waals surface area contributed by atoms with Crippen LogP contribution in [0.3, 0.4) is 0 Å². The van der Waals surface area contributed by atoms with Gasteiger partial charge in [-0.1, -0.05) is 15.9 Å². The van der Waals surface area contributed by atoms with Gasteiger partial charge in [0.25, 0.3) is 0 Å². The van der Waals surface area contributed by atoms with Gasteiger partial charge in [0.2, 0.25) is 10.0 Å². The molecule has 2 aromatic rings. The molecule has 114 valence electrons. The summed E-state index contributed by atoms with van der Waals surface area (Å²) in [4.78, 5) is 0.143. The number of hydrogen-bond acceptors (Lipinski definition) is 4. The lowest BCUT2D eigenvalue weighted by molar-refractivity contribution is 0.329. The normalized spacial score (nSPS) is 11.8. The van der Waals surface area contributed by atoms with Crippen LogP contribution in [-0.4, -0.2) is 36.6 Å². The summed E-state index contributed by atoms with van der Waals surface area (Å²) in [6.07, 6.45) is 3.26. The molecule has 1 aromatic carbocycles. The molecule has 0 atom stereocenters. The van der Waals surface area contributed by atoms with E-state index in [-0.39, 0.29) is 11.4 Å². The summed E-state index contributed by atoms with van der Waals surface area (Å²) in [5, 5.41) is 6.48. The van der Waals surface area contributed by atoms with Crippen LogP contribution in [0.1, 0.15) is 12.5 Å². The van der Waals surface area contributed by atoms with Gasteiger partial charge >= 0.3 is 0 Å². The molecule has 0 bridgehead atoms. The lowest BCUT2D eigenvalue weighted by atomic mass is 10.3. The van der Waals surface area contributed by atoms with Crippen molar-refractivity contribution < 1.29 is 13.2 Å². The molecule has 8 heteroatoms. The van der Waals surface area contributed by atoms with Crippen LogP contribution in [0.25, 0.3) is 0 Å². The summed E-state index contributed by atoms with van der Waals surface area (Å²) in [5.74, 6) is 0.347. The van der Waals surface area contributed by atoms with Gasteiger partial charge in [-0.25, -0.2) is 8.42 Å². The highest BCUT2D eigenvalue weighted by molar-refractivity contribution is 9.10. The van der Waals surface area contributed by atoms with Gasteiger partial charge in [-0.3, -0.25) is 5.10 Å². The molecule has 0 saturated carbocycles. The first-order valence-corrected chi connectivity index (χ1v) is 8.54. The zero-order valence-electron chi connectivity index (χ0n) is 11.7. The number of sulfonamides is 1. The lowest BCUT2D eigenvalue weighted by Crippen LogP contribution is -2.26. The summed E-state index contributed by atoms with van der Waals surface area (Å²) < 4.78 is 32.8. The quantitative estimate of drug-likeness (QED) is 0.843. The highest BCUT2D eigenvalue weighted by Gasteiger charge is 2.25. The maximum atomic E-state index is 12.7. The second-order valence-corrected chi connectivity index (χ2v) is 7.32. The van der Waals surface area contributed by atoms with Crippen molar-refractivity contribution in [2.75, 3.05) is 13.7 Å². The van der Waals surface area contributed by atoms with Gasteiger partial charge in [-0.15, -0.1) is 0 Å². The fraction of sp³-hybridized carbons (Fsp3) is 0.308. The Morgan fingerprint density at radius 2 is 2.19 bits per heavy atom. The van der Waals surface area contributed by atoms with E-state index >= 15 is 0 Å². The molecule has 0 aliphatic carbocycles. The maximum Gasteiger partial charge on any atom is 0.246 e. The number of nitrogens with zero attached hydrogens (tertiary/aromatic N) is 2. The number of aromatic nitrogens is 2. The predicted molar refractivity (Wildman–Crippen MR) is 82.6 cm³/mol. The van der Waals surface area contributed by atoms with E-state index in [1.807, 2.05) is 6.92 Å². The van der Waals surface area contributed by atoms with Gasteiger partial charge in [0.15, 0.2) is 0 Å². The monoisotopic (exact) mass is 373 g/mol. The molecule has 0 aliphatic heterocycles. The second-order valence-electron chi connectivity index (χ2n) is 4.39. The first-order valence-electron chi connectivity index (χ1n) is 6.31. The smallest absolute Gasteiger partial charge is 0.246 e. The largest absolute Gasteiger partial charge is 0.492 e. The van der Waals surface area contributed by atoms with Crippen LogP contribution in [0.2, 0.25) is 0 Å². The van der Waals surface area contributed by atoms with E-state index in [1.165, 1.54) is 11.4 Å². The van der Waals surface area contributed by atoms with E-state index in [2.05, 4.69) is 26.1 Å². The fourth-order valence-electron chi connectivity index (χ4n) is 1.83. The first-order chi connectivity index (χ1) is 9.95. The molecule has 1 aromatic heterocycles. The minimum atomic E-state index is -3.65. The van der Waals surface area contributed by atoms with Crippen molar-refractivity contribution in [1.29, 1.82) is 0 Å². The van der Waals surface area contributed by atoms with E-state index in [9.17, 15) is 8.42 Å². The zero-order chi connectivity index (χ0) is 15.5. The molecule has 0 radical (unpaired) electrons. The van der Waals surface area contributed by atoms with Gasteiger partial charge in [-0.2, -0.15) is 9.40 Å². The van der Waals surface area contributed by atoms with Crippen molar-refractivity contribution in [3.8, 4) is 5.75 Å². The van der Waals surface area contributed by atoms with Crippen molar-refractivity contribution in [3.63, 3.8) is 0 Å². The molecular formula is C13H16BrN3O3S. The lowest BCUT2D eigenvalue weighted by Gasteiger charge is -2.19. The Balaban J connectivity index is 2.36. The molecule has 6 nitrogen and oxygen atoms in total. The summed E-state index contributed by atoms with van der Waals surface area (Å²) in [5.41, 5.74) is 0.786. The molecule has 0 amide bonds. The molecule has 0 unspecified atom stereocenters. The molecule has 0 spiro atoms. The van der Waals surface area contributed by atoms with E-state index in [0.717, 1.165) is 5.56 Å². The molecule has 0 saturated heterocycles. The third-order valence-electron chi connectivity index (χ3n) is 2.85. The van der Waals surface area contributed by atoms with E-state index in [1.54, 1.807) is 30.6 Å². The minimum Gasteiger partial charge on any atom is -0.492 e. The standard InChI is InChI=1S/C13H16BrN3O3S/c1-3-20-12-5-4-11(14)6-13(12)21(18,19)17(2)9-10-7-15-16-8-10/h4-8H,3,9H2,1-2H3,(H,15,16). The van der Waals surface area contributed by atoms with Crippen molar-refractivity contribution in [2.45, 2.75) is 18.4 Å². The van der Waals surface area contributed by atoms with Crippen LogP contribution in [-0.2, 0) is 16.6 Å². The predicted octanol–water partition coefficient (Wildman–Crippen LogP) is 2.39. The average Bonchev–Trinajstić information content (AvgIpc) is 2.93. The number of halogens is 1. The summed E-state index contributed by atoms with van der Waals surface area (Å²) in [6, 6.07) is 4.94. The van der Waals surface area contributed by atoms with Gasteiger partial charge in [0.1, 0.15) is 10.6 Å². The second kappa shape index (κ2) is 6.59. The maximum absolute atomic E-state index is 12.7. The summed E-state index contributed by atoms with van der Waals surface area (Å²) in [7, 11) is -2.13. The van der Waals surface area contributed by atoms with Crippen LogP contribution in [0, 0.1) is 0 Å². The zero-order valence-corrected chi connectivity index (χ0v) is 14.1. The fourth-order valence-corrected chi connectivity index (χ4v) is 3.66. The molecule has 1 N–H and O–H groups in total. The average molecular weight is 374 g/mol. The Kier molecular flexibility index (Phi) is 5.02. The SMILES string of the molecule is CCOc1ccc(Br)cc1S(=O)(=O)N(C)Cc1cn[nH]c1. The van der Waals surface area contributed by atoms with Gasteiger partial charge in [0, 0.05) is 29.8 Å². The number of H-pyrrole nitrogens is 1. The van der Waals surface area contributed by atoms with Gasteiger partial charge in [0.05, 0.1) is 12.8 Å². The van der Waals surface area contributed by atoms with E-state index < -0.39 is 10.0 Å². The van der Waals surface area contributed by atoms with Crippen LogP contribution in [0.15, 0.2) is 40.0 Å². The third kappa shape index (κ3) is 3.63. The Hall–Kier alpha value is -1.38. The highest BCUT2D eigenvalue weighted by Crippen LogP contribution is 2.30. The van der Waals surface area contributed by atoms with Crippen LogP contribution < -0.4 is 4.74 Å². The van der Waals surface area contributed by atoms with E-state index in [4.69, 9.17) is 4.74 Å². The van der Waals surface area contributed by atoms with Crippen molar-refractivity contribution in [2.24, 2.45) is 0 Å². The first kappa shape index (κ1) is 16.0. The van der Waals surface area contributed by atoms with Crippen molar-refractivity contribution in [1.82, 2.24) is 14.5 Å². The number of rotatable bonds is 6. The Bertz CT molecular complexity index is 701. The van der Waals surface area contributed by atoms with Crippen molar-refractivity contribution in [3.05, 3.63) is 40.6 Å². The molecule has 0 fully saturated rings. The van der Waals surface area contributed by atoms with E-state index in [0.29, 0.717) is 16.8 Å². The van der Waals surface area contributed by atoms with Crippen LogP contribution in [0.4, 0.5) is 0 Å². The molecule has 2 rings (SSSR count). The van der Waals surface area contributed by atoms with Gasteiger partial charge in [-0.05, 0) is 25.1 Å². The summed E-state index contributed by atoms with van der Waals surface area (Å²) >= 11 is 3.30. The molecular weight excluding hydrogens is 358 g/mol. The summed E-state index contributed by atoms with van der Waals surface area (Å²) in [6.45, 7) is 2.44. The Labute approximate surface area is 132 Å². The molecule has 21 heavy (non-hydrogen) atoms. The Morgan fingerprint density at radius 3 is 2.81 bits per heavy atom. The highest BCUT2D eigenvalue weighted by atomic mass is 79.9. The number of aromatic amines is 1. The number of hydrogen-bond donors (Lipinski definition) is 1. The minimum absolute atomic E-state index is 0.143. The number of nitrogens with one attached hydrogen (secondary N) is 1. The number of benzene rings is 1. The Morgan fingerprint density at radius 1 is 1.43 bits per heavy atom. The van der Waals surface area contributed by atoms with Crippen LogP contribution >= 0.6 is 15.9 Å². The number of ether oxygens (including phenoxy) is 1. The molecule has 0 aliphatic rings. The topological polar surface area (TPSA) is 75.3 Å². The van der Waals surface area contributed by atoms with Gasteiger partial charge < -0.3 is 4.74 Å².